The molecule has 1 rings (SSSR count). The highest BCUT2D eigenvalue weighted by atomic mass is 16.5. The maximum Gasteiger partial charge on any atom is 0.340 e. The summed E-state index contributed by atoms with van der Waals surface area (Å²) in [6, 6.07) is 5.26. The van der Waals surface area contributed by atoms with Crippen LogP contribution in [0.15, 0.2) is 18.2 Å². The van der Waals surface area contributed by atoms with Crippen molar-refractivity contribution in [3.8, 4) is 0 Å². The molecule has 0 amide bonds. The summed E-state index contributed by atoms with van der Waals surface area (Å²) >= 11 is 0. The summed E-state index contributed by atoms with van der Waals surface area (Å²) in [5.74, 6) is -0.425. The third kappa shape index (κ3) is 4.13. The highest BCUT2D eigenvalue weighted by molar-refractivity contribution is 5.98. The number of carbonyl (C=O) groups is 1. The molecule has 1 aromatic carbocycles. The van der Waals surface area contributed by atoms with E-state index in [1.54, 1.807) is 32.9 Å². The van der Waals surface area contributed by atoms with Crippen molar-refractivity contribution in [3.63, 3.8) is 0 Å². The first kappa shape index (κ1) is 16.3. The van der Waals surface area contributed by atoms with E-state index in [1.807, 2.05) is 17.9 Å². The largest absolute Gasteiger partial charge is 0.462 e. The van der Waals surface area contributed by atoms with Crippen molar-refractivity contribution in [2.24, 2.45) is 0 Å². The number of nitrogens with two attached hydrogens (primary N) is 1. The van der Waals surface area contributed by atoms with Crippen LogP contribution in [0.3, 0.4) is 0 Å². The molecular weight excluding hydrogens is 256 g/mol. The van der Waals surface area contributed by atoms with Gasteiger partial charge in [0.05, 0.1) is 29.1 Å². The number of nitrogens with zero attached hydrogens (tertiary/aromatic N) is 1. The van der Waals surface area contributed by atoms with E-state index in [2.05, 4.69) is 0 Å². The van der Waals surface area contributed by atoms with E-state index in [1.165, 1.54) is 0 Å². The Hall–Kier alpha value is -1.75. The molecule has 0 bridgehead atoms. The lowest BCUT2D eigenvalue weighted by Crippen LogP contribution is -2.39. The predicted octanol–water partition coefficient (Wildman–Crippen LogP) is 2.04. The summed E-state index contributed by atoms with van der Waals surface area (Å²) in [4.78, 5) is 13.8. The summed E-state index contributed by atoms with van der Waals surface area (Å²) in [5, 5.41) is 9.96. The van der Waals surface area contributed by atoms with E-state index in [0.717, 1.165) is 5.69 Å². The van der Waals surface area contributed by atoms with E-state index in [-0.39, 0.29) is 0 Å². The summed E-state index contributed by atoms with van der Waals surface area (Å²) in [6.07, 6.45) is 0. The molecule has 0 saturated heterocycles. The van der Waals surface area contributed by atoms with Crippen molar-refractivity contribution in [1.29, 1.82) is 0 Å². The Morgan fingerprint density at radius 3 is 2.55 bits per heavy atom. The number of esters is 1. The Balaban J connectivity index is 3.11. The van der Waals surface area contributed by atoms with Gasteiger partial charge < -0.3 is 20.5 Å². The molecule has 5 heteroatoms. The molecular formula is C15H24N2O3. The lowest BCUT2D eigenvalue weighted by Gasteiger charge is -2.31. The van der Waals surface area contributed by atoms with E-state index in [4.69, 9.17) is 10.5 Å². The topological polar surface area (TPSA) is 75.8 Å². The molecule has 5 nitrogen and oxygen atoms in total. The van der Waals surface area contributed by atoms with Crippen molar-refractivity contribution < 1.29 is 14.6 Å². The van der Waals surface area contributed by atoms with Crippen LogP contribution in [0, 0.1) is 0 Å². The second kappa shape index (κ2) is 6.61. The quantitative estimate of drug-likeness (QED) is 0.616. The smallest absolute Gasteiger partial charge is 0.340 e. The molecule has 0 saturated carbocycles. The number of aliphatic hydroxyl groups is 1. The highest BCUT2D eigenvalue weighted by Gasteiger charge is 2.21. The zero-order valence-corrected chi connectivity index (χ0v) is 12.6. The SMILES string of the molecule is CCOC(=O)c1cccc(N(CC)CC(C)(C)O)c1N. The van der Waals surface area contributed by atoms with Gasteiger partial charge in [-0.2, -0.15) is 0 Å². The van der Waals surface area contributed by atoms with Gasteiger partial charge in [-0.15, -0.1) is 0 Å². The van der Waals surface area contributed by atoms with E-state index in [9.17, 15) is 9.90 Å². The van der Waals surface area contributed by atoms with Gasteiger partial charge in [0, 0.05) is 13.1 Å². The Morgan fingerprint density at radius 2 is 2.05 bits per heavy atom. The van der Waals surface area contributed by atoms with Gasteiger partial charge in [-0.3, -0.25) is 0 Å². The number of benzene rings is 1. The first-order valence-corrected chi connectivity index (χ1v) is 6.83. The standard InChI is InChI=1S/C15H24N2O3/c1-5-17(10-15(3,4)19)12-9-7-8-11(13(12)16)14(18)20-6-2/h7-9,19H,5-6,10,16H2,1-4H3. The van der Waals surface area contributed by atoms with Crippen molar-refractivity contribution in [3.05, 3.63) is 23.8 Å². The maximum absolute atomic E-state index is 11.8. The summed E-state index contributed by atoms with van der Waals surface area (Å²) in [7, 11) is 0. The van der Waals surface area contributed by atoms with E-state index in [0.29, 0.717) is 30.9 Å². The first-order valence-electron chi connectivity index (χ1n) is 6.83. The van der Waals surface area contributed by atoms with Crippen LogP contribution in [0.2, 0.25) is 0 Å². The Kier molecular flexibility index (Phi) is 5.39. The van der Waals surface area contributed by atoms with Gasteiger partial charge in [-0.1, -0.05) is 6.07 Å². The van der Waals surface area contributed by atoms with Crippen LogP contribution in [-0.2, 0) is 4.74 Å². The van der Waals surface area contributed by atoms with Gasteiger partial charge in [-0.05, 0) is 39.8 Å². The summed E-state index contributed by atoms with van der Waals surface area (Å²) in [6.45, 7) is 8.62. The van der Waals surface area contributed by atoms with Crippen LogP contribution in [0.1, 0.15) is 38.1 Å². The second-order valence-corrected chi connectivity index (χ2v) is 5.29. The van der Waals surface area contributed by atoms with Crippen molar-refractivity contribution in [1.82, 2.24) is 0 Å². The molecule has 0 aromatic heterocycles. The molecule has 0 aliphatic rings. The van der Waals surface area contributed by atoms with Crippen LogP contribution in [0.4, 0.5) is 11.4 Å². The molecule has 20 heavy (non-hydrogen) atoms. The van der Waals surface area contributed by atoms with Crippen molar-refractivity contribution in [2.45, 2.75) is 33.3 Å². The van der Waals surface area contributed by atoms with Gasteiger partial charge >= 0.3 is 5.97 Å². The summed E-state index contributed by atoms with van der Waals surface area (Å²) in [5.41, 5.74) is 6.72. The van der Waals surface area contributed by atoms with Gasteiger partial charge in [-0.25, -0.2) is 4.79 Å². The lowest BCUT2D eigenvalue weighted by molar-refractivity contribution is 0.0527. The lowest BCUT2D eigenvalue weighted by atomic mass is 10.1. The second-order valence-electron chi connectivity index (χ2n) is 5.29. The third-order valence-corrected chi connectivity index (χ3v) is 2.88. The van der Waals surface area contributed by atoms with Crippen molar-refractivity contribution in [2.75, 3.05) is 30.3 Å². The third-order valence-electron chi connectivity index (χ3n) is 2.88. The van der Waals surface area contributed by atoms with Crippen LogP contribution >= 0.6 is 0 Å². The number of para-hydroxylation sites is 1. The number of hydrogen-bond donors (Lipinski definition) is 2. The molecule has 0 heterocycles. The highest BCUT2D eigenvalue weighted by Crippen LogP contribution is 2.28. The zero-order chi connectivity index (χ0) is 15.3. The predicted molar refractivity (Wildman–Crippen MR) is 81.0 cm³/mol. The molecule has 0 unspecified atom stereocenters. The molecule has 0 radical (unpaired) electrons. The zero-order valence-electron chi connectivity index (χ0n) is 12.6. The fraction of sp³-hybridized carbons (Fsp3) is 0.533. The average molecular weight is 280 g/mol. The molecule has 0 aliphatic carbocycles. The van der Waals surface area contributed by atoms with Gasteiger partial charge in [0.1, 0.15) is 0 Å². The monoisotopic (exact) mass is 280 g/mol. The fourth-order valence-corrected chi connectivity index (χ4v) is 2.05. The number of nitrogen functional groups attached to an aromatic ring is 1. The molecule has 0 aliphatic heterocycles. The minimum absolute atomic E-state index is 0.309. The molecule has 1 aromatic rings. The number of ether oxygens (including phenoxy) is 1. The van der Waals surface area contributed by atoms with Crippen LogP contribution in [-0.4, -0.2) is 36.4 Å². The fourth-order valence-electron chi connectivity index (χ4n) is 2.05. The number of anilines is 2. The Morgan fingerprint density at radius 1 is 1.40 bits per heavy atom. The van der Waals surface area contributed by atoms with Gasteiger partial charge in [0.15, 0.2) is 0 Å². The minimum atomic E-state index is -0.845. The Bertz CT molecular complexity index is 467. The molecule has 0 atom stereocenters. The van der Waals surface area contributed by atoms with E-state index < -0.39 is 11.6 Å². The molecule has 0 fully saturated rings. The van der Waals surface area contributed by atoms with E-state index >= 15 is 0 Å². The number of carbonyl (C=O) groups excluding carboxylic acids is 1. The minimum Gasteiger partial charge on any atom is -0.462 e. The number of likely N-dealkylation sites (N-methyl/N-ethyl adjacent to an activating group) is 1. The normalized spacial score (nSPS) is 11.2. The summed E-state index contributed by atoms with van der Waals surface area (Å²) < 4.78 is 4.99. The van der Waals surface area contributed by atoms with Crippen molar-refractivity contribution >= 4 is 17.3 Å². The number of rotatable bonds is 6. The molecule has 0 spiro atoms. The van der Waals surface area contributed by atoms with Crippen LogP contribution < -0.4 is 10.6 Å². The first-order chi connectivity index (χ1) is 9.30. The number of hydrogen-bond acceptors (Lipinski definition) is 5. The Labute approximate surface area is 120 Å². The molecule has 112 valence electrons. The van der Waals surface area contributed by atoms with Crippen LogP contribution in [0.5, 0.6) is 0 Å². The van der Waals surface area contributed by atoms with Gasteiger partial charge in [0.25, 0.3) is 0 Å². The van der Waals surface area contributed by atoms with Crippen LogP contribution in [0.25, 0.3) is 0 Å². The maximum atomic E-state index is 11.8. The van der Waals surface area contributed by atoms with Gasteiger partial charge in [0.2, 0.25) is 0 Å². The average Bonchev–Trinajstić information content (AvgIpc) is 2.35. The molecule has 3 N–H and O–H groups in total.